The van der Waals surface area contributed by atoms with Crippen LogP contribution >= 0.6 is 11.3 Å². The monoisotopic (exact) mass is 271 g/mol. The van der Waals surface area contributed by atoms with Gasteiger partial charge in [-0.2, -0.15) is 13.7 Å². The van der Waals surface area contributed by atoms with Gasteiger partial charge in [-0.3, -0.25) is 0 Å². The van der Waals surface area contributed by atoms with E-state index in [4.69, 9.17) is 10.00 Å². The number of nitrogens with zero attached hydrogens (tertiary/aromatic N) is 1. The third-order valence-electron chi connectivity index (χ3n) is 2.20. The lowest BCUT2D eigenvalue weighted by Gasteiger charge is -1.98. The van der Waals surface area contributed by atoms with Gasteiger partial charge in [0, 0.05) is 10.1 Å². The lowest BCUT2D eigenvalue weighted by molar-refractivity contribution is 0.415. The number of benzene rings is 1. The lowest BCUT2D eigenvalue weighted by Crippen LogP contribution is -1.92. The number of hydrogen-bond acceptors (Lipinski definition) is 5. The van der Waals surface area contributed by atoms with E-state index in [0.717, 1.165) is 11.3 Å². The van der Waals surface area contributed by atoms with Crippen LogP contribution in [0.15, 0.2) is 23.1 Å². The Morgan fingerprint density at radius 3 is 2.71 bits per heavy atom. The number of rotatable bonds is 2. The van der Waals surface area contributed by atoms with Crippen LogP contribution in [-0.2, 0) is 10.2 Å². The molecule has 0 aliphatic heterocycles. The van der Waals surface area contributed by atoms with Crippen molar-refractivity contribution in [2.24, 2.45) is 0 Å². The van der Waals surface area contributed by atoms with E-state index in [1.807, 2.05) is 0 Å². The Kier molecular flexibility index (Phi) is 2.77. The summed E-state index contributed by atoms with van der Waals surface area (Å²) in [5.41, 5.74) is 0. The van der Waals surface area contributed by atoms with E-state index in [0.29, 0.717) is 10.4 Å². The van der Waals surface area contributed by atoms with E-state index >= 15 is 0 Å². The number of nitriles is 1. The highest BCUT2D eigenvalue weighted by Crippen LogP contribution is 2.37. The van der Waals surface area contributed by atoms with Crippen molar-refractivity contribution in [2.45, 2.75) is 4.90 Å². The first-order chi connectivity index (χ1) is 7.97. The highest BCUT2D eigenvalue weighted by Gasteiger charge is 2.24. The Balaban J connectivity index is 2.88. The van der Waals surface area contributed by atoms with E-state index in [1.165, 1.54) is 19.2 Å². The maximum Gasteiger partial charge on any atom is 0.334 e. The Morgan fingerprint density at radius 1 is 1.47 bits per heavy atom. The quantitative estimate of drug-likeness (QED) is 0.787. The fourth-order valence-electron chi connectivity index (χ4n) is 1.50. The molecule has 0 radical (unpaired) electrons. The Labute approximate surface area is 101 Å². The molecule has 7 heteroatoms. The van der Waals surface area contributed by atoms with Crippen molar-refractivity contribution in [1.82, 2.24) is 0 Å². The third kappa shape index (κ3) is 1.97. The average molecular weight is 271 g/mol. The maximum atomic E-state index is 13.1. The predicted molar refractivity (Wildman–Crippen MR) is 61.4 cm³/mol. The molecule has 2 aromatic rings. The SMILES string of the molecule is COc1ccc2c(S(=O)(=O)F)c(C#N)sc2c1. The molecule has 0 saturated heterocycles. The van der Waals surface area contributed by atoms with Crippen LogP contribution < -0.4 is 4.74 Å². The summed E-state index contributed by atoms with van der Waals surface area (Å²) in [5.74, 6) is 0.519. The molecule has 17 heavy (non-hydrogen) atoms. The zero-order chi connectivity index (χ0) is 12.6. The van der Waals surface area contributed by atoms with Gasteiger partial charge in [-0.1, -0.05) is 0 Å². The first-order valence-electron chi connectivity index (χ1n) is 4.42. The van der Waals surface area contributed by atoms with E-state index in [1.54, 1.807) is 12.1 Å². The molecule has 0 unspecified atom stereocenters. The molecule has 0 saturated carbocycles. The summed E-state index contributed by atoms with van der Waals surface area (Å²) >= 11 is 0.920. The Hall–Kier alpha value is -1.65. The summed E-state index contributed by atoms with van der Waals surface area (Å²) in [5, 5.41) is 9.01. The van der Waals surface area contributed by atoms with Gasteiger partial charge in [-0.15, -0.1) is 15.2 Å². The fraction of sp³-hybridized carbons (Fsp3) is 0.100. The van der Waals surface area contributed by atoms with Gasteiger partial charge < -0.3 is 4.74 Å². The number of hydrogen-bond donors (Lipinski definition) is 0. The molecule has 4 nitrogen and oxygen atoms in total. The topological polar surface area (TPSA) is 67.2 Å². The molecule has 0 fully saturated rings. The molecule has 0 spiro atoms. The summed E-state index contributed by atoms with van der Waals surface area (Å²) in [6, 6.07) is 6.20. The fourth-order valence-corrected chi connectivity index (χ4v) is 3.62. The van der Waals surface area contributed by atoms with Crippen molar-refractivity contribution in [3.63, 3.8) is 0 Å². The van der Waals surface area contributed by atoms with Crippen LogP contribution in [0.3, 0.4) is 0 Å². The van der Waals surface area contributed by atoms with Crippen LogP contribution in [0.25, 0.3) is 10.1 Å². The zero-order valence-corrected chi connectivity index (χ0v) is 10.2. The van der Waals surface area contributed by atoms with E-state index in [-0.39, 0.29) is 10.3 Å². The summed E-state index contributed by atoms with van der Waals surface area (Å²) in [6.07, 6.45) is 0. The van der Waals surface area contributed by atoms with Crippen molar-refractivity contribution in [1.29, 1.82) is 5.26 Å². The Morgan fingerprint density at radius 2 is 2.18 bits per heavy atom. The standard InChI is InChI=1S/C10H6FNO3S2/c1-15-6-2-3-7-8(4-6)16-9(5-12)10(7)17(11,13)14/h2-4H,1H3. The molecule has 0 bridgehead atoms. The highest BCUT2D eigenvalue weighted by molar-refractivity contribution is 7.87. The van der Waals surface area contributed by atoms with Gasteiger partial charge in [0.25, 0.3) is 0 Å². The molecule has 0 amide bonds. The van der Waals surface area contributed by atoms with Gasteiger partial charge in [0.05, 0.1) is 7.11 Å². The van der Waals surface area contributed by atoms with Crippen LogP contribution in [0.1, 0.15) is 4.88 Å². The lowest BCUT2D eigenvalue weighted by atomic mass is 10.2. The molecule has 1 aromatic carbocycles. The van der Waals surface area contributed by atoms with Crippen molar-refractivity contribution < 1.29 is 17.0 Å². The molecular weight excluding hydrogens is 265 g/mol. The van der Waals surface area contributed by atoms with E-state index in [2.05, 4.69) is 0 Å². The summed E-state index contributed by atoms with van der Waals surface area (Å²) in [7, 11) is -3.44. The molecular formula is C10H6FNO3S2. The largest absolute Gasteiger partial charge is 0.497 e. The normalized spacial score (nSPS) is 11.4. The number of thiophene rings is 1. The maximum absolute atomic E-state index is 13.1. The molecule has 0 aliphatic rings. The summed E-state index contributed by atoms with van der Waals surface area (Å²) < 4.78 is 40.6. The second kappa shape index (κ2) is 3.98. The average Bonchev–Trinajstić information content (AvgIpc) is 2.65. The first-order valence-corrected chi connectivity index (χ1v) is 6.62. The van der Waals surface area contributed by atoms with Gasteiger partial charge in [-0.25, -0.2) is 0 Å². The molecule has 88 valence electrons. The summed E-state index contributed by atoms with van der Waals surface area (Å²) in [4.78, 5) is -0.710. The summed E-state index contributed by atoms with van der Waals surface area (Å²) in [6.45, 7) is 0. The molecule has 0 N–H and O–H groups in total. The minimum absolute atomic E-state index is 0.157. The van der Waals surface area contributed by atoms with Crippen molar-refractivity contribution in [2.75, 3.05) is 7.11 Å². The second-order valence-electron chi connectivity index (χ2n) is 3.17. The second-order valence-corrected chi connectivity index (χ2v) is 5.51. The van der Waals surface area contributed by atoms with Crippen LogP contribution in [-0.4, -0.2) is 15.5 Å². The van der Waals surface area contributed by atoms with Gasteiger partial charge >= 0.3 is 10.2 Å². The number of ether oxygens (including phenoxy) is 1. The minimum Gasteiger partial charge on any atom is -0.497 e. The van der Waals surface area contributed by atoms with Gasteiger partial charge in [0.1, 0.15) is 21.6 Å². The first kappa shape index (κ1) is 11.8. The Bertz CT molecular complexity index is 728. The number of halogens is 1. The van der Waals surface area contributed by atoms with Gasteiger partial charge in [-0.05, 0) is 18.2 Å². The van der Waals surface area contributed by atoms with Crippen LogP contribution in [0.4, 0.5) is 3.89 Å². The third-order valence-corrected chi connectivity index (χ3v) is 4.30. The molecule has 0 atom stereocenters. The smallest absolute Gasteiger partial charge is 0.334 e. The molecule has 2 rings (SSSR count). The van der Waals surface area contributed by atoms with E-state index < -0.39 is 15.1 Å². The van der Waals surface area contributed by atoms with Gasteiger partial charge in [0.15, 0.2) is 0 Å². The number of methoxy groups -OCH3 is 1. The van der Waals surface area contributed by atoms with Crippen LogP contribution in [0.2, 0.25) is 0 Å². The molecule has 1 aromatic heterocycles. The predicted octanol–water partition coefficient (Wildman–Crippen LogP) is 2.44. The molecule has 0 aliphatic carbocycles. The zero-order valence-electron chi connectivity index (χ0n) is 8.60. The molecule has 1 heterocycles. The van der Waals surface area contributed by atoms with Gasteiger partial charge in [0.2, 0.25) is 0 Å². The van der Waals surface area contributed by atoms with Crippen molar-refractivity contribution >= 4 is 31.6 Å². The number of fused-ring (bicyclic) bond motifs is 1. The van der Waals surface area contributed by atoms with Crippen molar-refractivity contribution in [3.05, 3.63) is 23.1 Å². The van der Waals surface area contributed by atoms with Crippen LogP contribution in [0, 0.1) is 11.3 Å². The van der Waals surface area contributed by atoms with Crippen molar-refractivity contribution in [3.8, 4) is 11.8 Å². The van der Waals surface area contributed by atoms with Crippen LogP contribution in [0.5, 0.6) is 5.75 Å². The van der Waals surface area contributed by atoms with E-state index in [9.17, 15) is 12.3 Å². The highest BCUT2D eigenvalue weighted by atomic mass is 32.3. The minimum atomic E-state index is -4.90.